The molecule has 0 aromatic heterocycles. The summed E-state index contributed by atoms with van der Waals surface area (Å²) in [5.74, 6) is 2.39. The van der Waals surface area contributed by atoms with E-state index in [2.05, 4.69) is 24.1 Å². The third kappa shape index (κ3) is 4.20. The fourth-order valence-electron chi connectivity index (χ4n) is 3.47. The predicted molar refractivity (Wildman–Crippen MR) is 79.0 cm³/mol. The van der Waals surface area contributed by atoms with Crippen molar-refractivity contribution in [3.63, 3.8) is 0 Å². The molecule has 1 saturated heterocycles. The number of likely N-dealkylation sites (tertiary alicyclic amines) is 1. The van der Waals surface area contributed by atoms with Crippen molar-refractivity contribution in [3.05, 3.63) is 0 Å². The minimum absolute atomic E-state index is 0.335. The lowest BCUT2D eigenvalue weighted by atomic mass is 9.82. The van der Waals surface area contributed by atoms with Gasteiger partial charge in [0.25, 0.3) is 0 Å². The van der Waals surface area contributed by atoms with Crippen molar-refractivity contribution >= 4 is 5.91 Å². The Morgan fingerprint density at radius 3 is 2.32 bits per heavy atom. The molecule has 0 aromatic carbocycles. The molecule has 1 heterocycles. The number of carbonyl (C=O) groups excluding carboxylic acids is 1. The van der Waals surface area contributed by atoms with Gasteiger partial charge in [-0.3, -0.25) is 4.79 Å². The molecular weight excluding hydrogens is 236 g/mol. The van der Waals surface area contributed by atoms with Crippen LogP contribution in [0.15, 0.2) is 0 Å². The maximum Gasteiger partial charge on any atom is 0.225 e. The van der Waals surface area contributed by atoms with Gasteiger partial charge in [0.1, 0.15) is 0 Å². The summed E-state index contributed by atoms with van der Waals surface area (Å²) in [7, 11) is 0. The Kier molecular flexibility index (Phi) is 5.68. The van der Waals surface area contributed by atoms with Gasteiger partial charge in [0.15, 0.2) is 0 Å². The third-order valence-corrected chi connectivity index (χ3v) is 4.97. The standard InChI is InChI=1S/C16H30N2O/c1-3-17-12-14-8-10-18(11-9-14)16(19)15-6-4-13(2)5-7-15/h13-15,17H,3-12H2,1-2H3. The molecule has 0 unspecified atom stereocenters. The first-order valence-corrected chi connectivity index (χ1v) is 8.20. The van der Waals surface area contributed by atoms with Crippen molar-refractivity contribution in [1.82, 2.24) is 10.2 Å². The van der Waals surface area contributed by atoms with Crippen LogP contribution in [-0.4, -0.2) is 37.0 Å². The quantitative estimate of drug-likeness (QED) is 0.848. The first-order valence-electron chi connectivity index (χ1n) is 8.20. The molecule has 110 valence electrons. The number of nitrogens with zero attached hydrogens (tertiary/aromatic N) is 1. The van der Waals surface area contributed by atoms with Crippen LogP contribution in [0.3, 0.4) is 0 Å². The highest BCUT2D eigenvalue weighted by Gasteiger charge is 2.30. The van der Waals surface area contributed by atoms with Crippen molar-refractivity contribution in [2.75, 3.05) is 26.2 Å². The number of piperidine rings is 1. The third-order valence-electron chi connectivity index (χ3n) is 4.97. The Morgan fingerprint density at radius 1 is 1.11 bits per heavy atom. The predicted octanol–water partition coefficient (Wildman–Crippen LogP) is 2.66. The minimum Gasteiger partial charge on any atom is -0.342 e. The molecule has 2 aliphatic rings. The molecule has 0 atom stereocenters. The molecule has 1 aliphatic carbocycles. The Morgan fingerprint density at radius 2 is 1.74 bits per heavy atom. The van der Waals surface area contributed by atoms with E-state index in [4.69, 9.17) is 0 Å². The molecule has 3 heteroatoms. The summed E-state index contributed by atoms with van der Waals surface area (Å²) in [6.45, 7) is 8.62. The maximum atomic E-state index is 12.5. The number of nitrogens with one attached hydrogen (secondary N) is 1. The molecule has 2 rings (SSSR count). The average Bonchev–Trinajstić information content (AvgIpc) is 2.46. The zero-order valence-electron chi connectivity index (χ0n) is 12.7. The zero-order valence-corrected chi connectivity index (χ0v) is 12.7. The summed E-state index contributed by atoms with van der Waals surface area (Å²) < 4.78 is 0. The molecular formula is C16H30N2O. The monoisotopic (exact) mass is 266 g/mol. The lowest BCUT2D eigenvalue weighted by molar-refractivity contribution is -0.138. The van der Waals surface area contributed by atoms with Crippen LogP contribution in [0.5, 0.6) is 0 Å². The molecule has 1 N–H and O–H groups in total. The van der Waals surface area contributed by atoms with Gasteiger partial charge in [-0.1, -0.05) is 13.8 Å². The van der Waals surface area contributed by atoms with E-state index in [1.54, 1.807) is 0 Å². The van der Waals surface area contributed by atoms with Crippen LogP contribution in [0.1, 0.15) is 52.4 Å². The Bertz CT molecular complexity index is 276. The van der Waals surface area contributed by atoms with Crippen LogP contribution in [-0.2, 0) is 4.79 Å². The highest BCUT2D eigenvalue weighted by atomic mass is 16.2. The summed E-state index contributed by atoms with van der Waals surface area (Å²) in [5, 5.41) is 3.43. The van der Waals surface area contributed by atoms with E-state index in [1.165, 1.54) is 25.7 Å². The fourth-order valence-corrected chi connectivity index (χ4v) is 3.47. The largest absolute Gasteiger partial charge is 0.342 e. The van der Waals surface area contributed by atoms with Crippen LogP contribution in [0.4, 0.5) is 0 Å². The van der Waals surface area contributed by atoms with Gasteiger partial charge in [0, 0.05) is 19.0 Å². The van der Waals surface area contributed by atoms with Crippen LogP contribution in [0, 0.1) is 17.8 Å². The normalized spacial score (nSPS) is 29.5. The van der Waals surface area contributed by atoms with Gasteiger partial charge in [-0.05, 0) is 63.5 Å². The van der Waals surface area contributed by atoms with E-state index in [-0.39, 0.29) is 0 Å². The average molecular weight is 266 g/mol. The molecule has 0 radical (unpaired) electrons. The fraction of sp³-hybridized carbons (Fsp3) is 0.938. The van der Waals surface area contributed by atoms with E-state index in [0.717, 1.165) is 50.9 Å². The van der Waals surface area contributed by atoms with Gasteiger partial charge in [-0.25, -0.2) is 0 Å². The molecule has 3 nitrogen and oxygen atoms in total. The van der Waals surface area contributed by atoms with Crippen molar-refractivity contribution in [3.8, 4) is 0 Å². The summed E-state index contributed by atoms with van der Waals surface area (Å²) in [6.07, 6.45) is 7.10. The second-order valence-electron chi connectivity index (χ2n) is 6.53. The molecule has 0 aromatic rings. The number of amides is 1. The van der Waals surface area contributed by atoms with Crippen molar-refractivity contribution in [2.45, 2.75) is 52.4 Å². The van der Waals surface area contributed by atoms with E-state index in [0.29, 0.717) is 11.8 Å². The van der Waals surface area contributed by atoms with Crippen molar-refractivity contribution in [1.29, 1.82) is 0 Å². The Hall–Kier alpha value is -0.570. The minimum atomic E-state index is 0.335. The maximum absolute atomic E-state index is 12.5. The number of rotatable bonds is 4. The van der Waals surface area contributed by atoms with Crippen LogP contribution in [0.25, 0.3) is 0 Å². The van der Waals surface area contributed by atoms with Gasteiger partial charge in [-0.15, -0.1) is 0 Å². The van der Waals surface area contributed by atoms with Gasteiger partial charge in [0.05, 0.1) is 0 Å². The summed E-state index contributed by atoms with van der Waals surface area (Å²) in [6, 6.07) is 0. The topological polar surface area (TPSA) is 32.3 Å². The molecule has 2 fully saturated rings. The van der Waals surface area contributed by atoms with E-state index < -0.39 is 0 Å². The molecule has 0 bridgehead atoms. The van der Waals surface area contributed by atoms with Crippen LogP contribution < -0.4 is 5.32 Å². The van der Waals surface area contributed by atoms with Gasteiger partial charge in [-0.2, -0.15) is 0 Å². The summed E-state index contributed by atoms with van der Waals surface area (Å²) in [4.78, 5) is 14.6. The lowest BCUT2D eigenvalue weighted by Gasteiger charge is -2.36. The number of hydrogen-bond acceptors (Lipinski definition) is 2. The van der Waals surface area contributed by atoms with Crippen molar-refractivity contribution in [2.24, 2.45) is 17.8 Å². The van der Waals surface area contributed by atoms with Gasteiger partial charge in [0.2, 0.25) is 5.91 Å². The molecule has 0 spiro atoms. The second kappa shape index (κ2) is 7.28. The first-order chi connectivity index (χ1) is 9.20. The number of carbonyl (C=O) groups is 1. The van der Waals surface area contributed by atoms with Crippen LogP contribution >= 0.6 is 0 Å². The Labute approximate surface area is 118 Å². The van der Waals surface area contributed by atoms with E-state index in [1.807, 2.05) is 0 Å². The Balaban J connectivity index is 1.73. The van der Waals surface area contributed by atoms with Gasteiger partial charge < -0.3 is 10.2 Å². The molecule has 1 saturated carbocycles. The molecule has 19 heavy (non-hydrogen) atoms. The molecule has 1 aliphatic heterocycles. The van der Waals surface area contributed by atoms with Gasteiger partial charge >= 0.3 is 0 Å². The van der Waals surface area contributed by atoms with Crippen LogP contribution in [0.2, 0.25) is 0 Å². The second-order valence-corrected chi connectivity index (χ2v) is 6.53. The van der Waals surface area contributed by atoms with E-state index in [9.17, 15) is 4.79 Å². The first kappa shape index (κ1) is 14.8. The lowest BCUT2D eigenvalue weighted by Crippen LogP contribution is -2.44. The number of hydrogen-bond donors (Lipinski definition) is 1. The summed E-state index contributed by atoms with van der Waals surface area (Å²) in [5.41, 5.74) is 0. The SMILES string of the molecule is CCNCC1CCN(C(=O)C2CCC(C)CC2)CC1. The van der Waals surface area contributed by atoms with E-state index >= 15 is 0 Å². The zero-order chi connectivity index (χ0) is 13.7. The van der Waals surface area contributed by atoms with Crippen molar-refractivity contribution < 1.29 is 4.79 Å². The summed E-state index contributed by atoms with van der Waals surface area (Å²) >= 11 is 0. The smallest absolute Gasteiger partial charge is 0.225 e. The molecule has 1 amide bonds. The highest BCUT2D eigenvalue weighted by Crippen LogP contribution is 2.30. The highest BCUT2D eigenvalue weighted by molar-refractivity contribution is 5.79.